The Kier molecular flexibility index (Phi) is 5.35. The third-order valence-corrected chi connectivity index (χ3v) is 5.70. The maximum absolute atomic E-state index is 10.7. The van der Waals surface area contributed by atoms with E-state index in [1.807, 2.05) is 0 Å². The Labute approximate surface area is 129 Å². The van der Waals surface area contributed by atoms with Crippen LogP contribution in [-0.2, 0) is 0 Å². The minimum absolute atomic E-state index is 0.247. The van der Waals surface area contributed by atoms with Gasteiger partial charge in [0.2, 0.25) is 0 Å². The summed E-state index contributed by atoms with van der Waals surface area (Å²) in [7, 11) is 0. The van der Waals surface area contributed by atoms with E-state index in [9.17, 15) is 5.11 Å². The molecular weight excluding hydrogens is 256 g/mol. The van der Waals surface area contributed by atoms with Crippen LogP contribution in [0.1, 0.15) is 93.8 Å². The summed E-state index contributed by atoms with van der Waals surface area (Å²) in [5.74, 6) is 1.25. The van der Waals surface area contributed by atoms with Gasteiger partial charge in [-0.3, -0.25) is 0 Å². The second-order valence-corrected chi connectivity index (χ2v) is 7.20. The highest BCUT2D eigenvalue weighted by Gasteiger charge is 2.22. The lowest BCUT2D eigenvalue weighted by molar-refractivity contribution is 0.0988. The van der Waals surface area contributed by atoms with Gasteiger partial charge in [-0.1, -0.05) is 69.2 Å². The van der Waals surface area contributed by atoms with Crippen molar-refractivity contribution in [3.63, 3.8) is 0 Å². The van der Waals surface area contributed by atoms with Crippen molar-refractivity contribution in [2.24, 2.45) is 5.92 Å². The van der Waals surface area contributed by atoms with Crippen LogP contribution in [0.3, 0.4) is 0 Å². The summed E-state index contributed by atoms with van der Waals surface area (Å²) in [6, 6.07) is 8.95. The summed E-state index contributed by atoms with van der Waals surface area (Å²) in [6.07, 6.45) is 14.3. The minimum Gasteiger partial charge on any atom is -0.388 e. The van der Waals surface area contributed by atoms with Gasteiger partial charge >= 0.3 is 0 Å². The number of hydrogen-bond acceptors (Lipinski definition) is 1. The van der Waals surface area contributed by atoms with Crippen LogP contribution in [0.15, 0.2) is 24.3 Å². The molecule has 2 aliphatic carbocycles. The van der Waals surface area contributed by atoms with Gasteiger partial charge in [0, 0.05) is 0 Å². The van der Waals surface area contributed by atoms with Crippen molar-refractivity contribution in [3.05, 3.63) is 35.4 Å². The SMILES string of the molecule is OC(c1ccc(C2CCCCC2)cc1)C1CCCCCC1. The molecule has 0 aromatic heterocycles. The predicted molar refractivity (Wildman–Crippen MR) is 88.4 cm³/mol. The summed E-state index contributed by atoms with van der Waals surface area (Å²) >= 11 is 0. The molecule has 21 heavy (non-hydrogen) atoms. The van der Waals surface area contributed by atoms with Gasteiger partial charge in [-0.15, -0.1) is 0 Å². The summed E-state index contributed by atoms with van der Waals surface area (Å²) in [4.78, 5) is 0. The largest absolute Gasteiger partial charge is 0.388 e. The molecule has 1 N–H and O–H groups in total. The molecule has 116 valence electrons. The fourth-order valence-corrected chi connectivity index (χ4v) is 4.30. The lowest BCUT2D eigenvalue weighted by atomic mass is 9.83. The predicted octanol–water partition coefficient (Wildman–Crippen LogP) is 5.74. The Morgan fingerprint density at radius 1 is 0.714 bits per heavy atom. The van der Waals surface area contributed by atoms with E-state index in [1.165, 1.54) is 76.2 Å². The minimum atomic E-state index is -0.247. The maximum Gasteiger partial charge on any atom is 0.0818 e. The Morgan fingerprint density at radius 2 is 1.24 bits per heavy atom. The molecule has 0 radical (unpaired) electrons. The van der Waals surface area contributed by atoms with E-state index in [4.69, 9.17) is 0 Å². The first-order chi connectivity index (χ1) is 10.3. The zero-order valence-corrected chi connectivity index (χ0v) is 13.3. The van der Waals surface area contributed by atoms with Gasteiger partial charge in [-0.25, -0.2) is 0 Å². The molecule has 1 nitrogen and oxygen atoms in total. The molecule has 1 heteroatoms. The Morgan fingerprint density at radius 3 is 1.86 bits per heavy atom. The highest BCUT2D eigenvalue weighted by Crippen LogP contribution is 2.36. The number of hydrogen-bond donors (Lipinski definition) is 1. The molecule has 1 aromatic carbocycles. The first-order valence-electron chi connectivity index (χ1n) is 9.12. The zero-order chi connectivity index (χ0) is 14.5. The number of benzene rings is 1. The van der Waals surface area contributed by atoms with Gasteiger partial charge in [0.25, 0.3) is 0 Å². The lowest BCUT2D eigenvalue weighted by Crippen LogP contribution is -2.12. The van der Waals surface area contributed by atoms with Crippen LogP contribution >= 0.6 is 0 Å². The third kappa shape index (κ3) is 3.88. The van der Waals surface area contributed by atoms with Crippen molar-refractivity contribution in [1.29, 1.82) is 0 Å². The molecular formula is C20H30O. The first kappa shape index (κ1) is 15.1. The van der Waals surface area contributed by atoms with Crippen molar-refractivity contribution < 1.29 is 5.11 Å². The fourth-order valence-electron chi connectivity index (χ4n) is 4.30. The molecule has 0 heterocycles. The molecule has 1 atom stereocenters. The molecule has 3 rings (SSSR count). The van der Waals surface area contributed by atoms with Crippen molar-refractivity contribution >= 4 is 0 Å². The maximum atomic E-state index is 10.7. The average Bonchev–Trinajstić information content (AvgIpc) is 2.84. The highest BCUT2D eigenvalue weighted by atomic mass is 16.3. The molecule has 1 unspecified atom stereocenters. The summed E-state index contributed by atoms with van der Waals surface area (Å²) in [5.41, 5.74) is 2.63. The van der Waals surface area contributed by atoms with Gasteiger partial charge in [-0.05, 0) is 48.6 Å². The van der Waals surface area contributed by atoms with E-state index < -0.39 is 0 Å². The Bertz CT molecular complexity index is 408. The van der Waals surface area contributed by atoms with E-state index in [1.54, 1.807) is 0 Å². The van der Waals surface area contributed by atoms with Gasteiger partial charge in [-0.2, -0.15) is 0 Å². The van der Waals surface area contributed by atoms with E-state index in [2.05, 4.69) is 24.3 Å². The van der Waals surface area contributed by atoms with Crippen LogP contribution in [0.25, 0.3) is 0 Å². The number of aliphatic hydroxyl groups is 1. The first-order valence-corrected chi connectivity index (χ1v) is 9.12. The van der Waals surface area contributed by atoms with Crippen LogP contribution in [0.5, 0.6) is 0 Å². The smallest absolute Gasteiger partial charge is 0.0818 e. The van der Waals surface area contributed by atoms with Crippen molar-refractivity contribution in [3.8, 4) is 0 Å². The average molecular weight is 286 g/mol. The van der Waals surface area contributed by atoms with Crippen molar-refractivity contribution in [1.82, 2.24) is 0 Å². The van der Waals surface area contributed by atoms with E-state index >= 15 is 0 Å². The van der Waals surface area contributed by atoms with Crippen LogP contribution in [0, 0.1) is 5.92 Å². The molecule has 0 amide bonds. The molecule has 0 spiro atoms. The van der Waals surface area contributed by atoms with Gasteiger partial charge in [0.15, 0.2) is 0 Å². The van der Waals surface area contributed by atoms with Gasteiger partial charge < -0.3 is 5.11 Å². The molecule has 0 aliphatic heterocycles. The van der Waals surface area contributed by atoms with Crippen molar-refractivity contribution in [2.75, 3.05) is 0 Å². The van der Waals surface area contributed by atoms with Gasteiger partial charge in [0.05, 0.1) is 6.10 Å². The third-order valence-electron chi connectivity index (χ3n) is 5.70. The van der Waals surface area contributed by atoms with Gasteiger partial charge in [0.1, 0.15) is 0 Å². The zero-order valence-electron chi connectivity index (χ0n) is 13.3. The summed E-state index contributed by atoms with van der Waals surface area (Å²) < 4.78 is 0. The lowest BCUT2D eigenvalue weighted by Gasteiger charge is -2.24. The topological polar surface area (TPSA) is 20.2 Å². The molecule has 2 saturated carbocycles. The molecule has 2 fully saturated rings. The second-order valence-electron chi connectivity index (χ2n) is 7.20. The second kappa shape index (κ2) is 7.45. The van der Waals surface area contributed by atoms with Crippen LogP contribution in [-0.4, -0.2) is 5.11 Å². The quantitative estimate of drug-likeness (QED) is 0.703. The summed E-state index contributed by atoms with van der Waals surface area (Å²) in [5, 5.41) is 10.7. The Balaban J connectivity index is 1.64. The molecule has 0 bridgehead atoms. The normalized spacial score (nSPS) is 23.7. The van der Waals surface area contributed by atoms with Crippen LogP contribution in [0.2, 0.25) is 0 Å². The monoisotopic (exact) mass is 286 g/mol. The summed E-state index contributed by atoms with van der Waals surface area (Å²) in [6.45, 7) is 0. The number of rotatable bonds is 3. The van der Waals surface area contributed by atoms with E-state index in [-0.39, 0.29) is 6.10 Å². The molecule has 2 aliphatic rings. The molecule has 1 aromatic rings. The van der Waals surface area contributed by atoms with E-state index in [0.29, 0.717) is 5.92 Å². The molecule has 0 saturated heterocycles. The highest BCUT2D eigenvalue weighted by molar-refractivity contribution is 5.27. The van der Waals surface area contributed by atoms with E-state index in [0.717, 1.165) is 11.5 Å². The van der Waals surface area contributed by atoms with Crippen LogP contribution in [0.4, 0.5) is 0 Å². The fraction of sp³-hybridized carbons (Fsp3) is 0.700. The van der Waals surface area contributed by atoms with Crippen molar-refractivity contribution in [2.45, 2.75) is 82.7 Å². The Hall–Kier alpha value is -0.820. The number of aliphatic hydroxyl groups excluding tert-OH is 1. The standard InChI is InChI=1S/C20H30O/c21-20(18-10-4-1-2-5-11-18)19-14-12-17(13-15-19)16-8-6-3-7-9-16/h12-16,18,20-21H,1-11H2. The van der Waals surface area contributed by atoms with Crippen LogP contribution < -0.4 is 0 Å².